The van der Waals surface area contributed by atoms with Crippen LogP contribution < -0.4 is 21.1 Å². The van der Waals surface area contributed by atoms with Crippen molar-refractivity contribution in [3.63, 3.8) is 0 Å². The van der Waals surface area contributed by atoms with Crippen molar-refractivity contribution < 1.29 is 9.59 Å². The maximum atomic E-state index is 13.1. The molecule has 0 fully saturated rings. The van der Waals surface area contributed by atoms with Crippen molar-refractivity contribution in [3.05, 3.63) is 92.6 Å². The minimum absolute atomic E-state index is 0.0353. The number of rotatable bonds is 10. The Morgan fingerprint density at radius 1 is 1.14 bits per heavy atom. The summed E-state index contributed by atoms with van der Waals surface area (Å²) >= 11 is 6.13. The van der Waals surface area contributed by atoms with Crippen molar-refractivity contribution in [2.75, 3.05) is 18.5 Å². The summed E-state index contributed by atoms with van der Waals surface area (Å²) in [4.78, 5) is 43.6. The Morgan fingerprint density at radius 2 is 1.94 bits per heavy atom. The van der Waals surface area contributed by atoms with E-state index in [1.807, 2.05) is 38.2 Å². The first kappa shape index (κ1) is 26.1. The summed E-state index contributed by atoms with van der Waals surface area (Å²) in [7, 11) is 1.85. The van der Waals surface area contributed by atoms with Gasteiger partial charge in [0.15, 0.2) is 0 Å². The van der Waals surface area contributed by atoms with Crippen molar-refractivity contribution in [1.29, 1.82) is 0 Å². The first-order valence-corrected chi connectivity index (χ1v) is 11.7. The lowest BCUT2D eigenvalue weighted by molar-refractivity contribution is -0.120. The first-order valence-electron chi connectivity index (χ1n) is 11.4. The van der Waals surface area contributed by atoms with Crippen LogP contribution in [0, 0.1) is 6.92 Å². The van der Waals surface area contributed by atoms with Crippen molar-refractivity contribution in [1.82, 2.24) is 20.2 Å². The van der Waals surface area contributed by atoms with Gasteiger partial charge in [-0.15, -0.1) is 0 Å². The van der Waals surface area contributed by atoms with Crippen LogP contribution in [0.5, 0.6) is 0 Å². The Labute approximate surface area is 209 Å². The number of pyridine rings is 2. The van der Waals surface area contributed by atoms with Gasteiger partial charge in [0, 0.05) is 56.1 Å². The average Bonchev–Trinajstić information content (AvgIpc) is 2.84. The van der Waals surface area contributed by atoms with Crippen LogP contribution in [-0.4, -0.2) is 35.0 Å². The number of hydrogen-bond acceptors (Lipinski definition) is 5. The summed E-state index contributed by atoms with van der Waals surface area (Å²) in [6.07, 6.45) is 4.90. The van der Waals surface area contributed by atoms with Crippen LogP contribution >= 0.6 is 11.6 Å². The number of benzene rings is 1. The molecule has 35 heavy (non-hydrogen) atoms. The Balaban J connectivity index is 1.70. The lowest BCUT2D eigenvalue weighted by Crippen LogP contribution is -2.36. The number of aryl methyl sites for hydroxylation is 1. The van der Waals surface area contributed by atoms with E-state index in [1.54, 1.807) is 35.6 Å². The van der Waals surface area contributed by atoms with Gasteiger partial charge in [0.25, 0.3) is 5.56 Å². The monoisotopic (exact) mass is 495 g/mol. The second-order valence-electron chi connectivity index (χ2n) is 8.25. The molecule has 3 aromatic rings. The number of nitrogens with one attached hydrogen (secondary N) is 2. The third-order valence-electron chi connectivity index (χ3n) is 5.75. The summed E-state index contributed by atoms with van der Waals surface area (Å²) in [6, 6.07) is 10.9. The Morgan fingerprint density at radius 3 is 2.63 bits per heavy atom. The number of carbonyl (C=O) groups is 2. The van der Waals surface area contributed by atoms with E-state index in [2.05, 4.69) is 15.6 Å². The van der Waals surface area contributed by atoms with E-state index < -0.39 is 0 Å². The molecule has 2 amide bonds. The number of carbonyl (C=O) groups excluding carboxylic acids is 2. The van der Waals surface area contributed by atoms with Crippen LogP contribution in [0.1, 0.15) is 29.2 Å². The maximum Gasteiger partial charge on any atom is 0.254 e. The van der Waals surface area contributed by atoms with Crippen molar-refractivity contribution in [2.45, 2.75) is 39.9 Å². The third-order valence-corrected chi connectivity index (χ3v) is 5.99. The molecule has 184 valence electrons. The van der Waals surface area contributed by atoms with Crippen molar-refractivity contribution in [2.24, 2.45) is 0 Å². The number of amides is 2. The number of halogens is 1. The van der Waals surface area contributed by atoms with Gasteiger partial charge in [-0.05, 0) is 61.0 Å². The topological polar surface area (TPSA) is 96.3 Å². The molecule has 0 saturated heterocycles. The predicted octanol–water partition coefficient (Wildman–Crippen LogP) is 2.84. The van der Waals surface area contributed by atoms with E-state index in [0.29, 0.717) is 35.9 Å². The van der Waals surface area contributed by atoms with Gasteiger partial charge in [0.05, 0.1) is 18.3 Å². The number of nitrogens with zero attached hydrogens (tertiary/aromatic N) is 3. The zero-order valence-corrected chi connectivity index (χ0v) is 20.9. The fraction of sp³-hybridized carbons (Fsp3) is 0.308. The first-order chi connectivity index (χ1) is 16.8. The minimum atomic E-state index is -0.251. The highest BCUT2D eigenvalue weighted by molar-refractivity contribution is 6.30. The summed E-state index contributed by atoms with van der Waals surface area (Å²) < 4.78 is 1.53. The van der Waals surface area contributed by atoms with Gasteiger partial charge in [0.2, 0.25) is 11.8 Å². The lowest BCUT2D eigenvalue weighted by atomic mass is 10.1. The minimum Gasteiger partial charge on any atom is -0.352 e. The molecular weight excluding hydrogens is 466 g/mol. The highest BCUT2D eigenvalue weighted by Crippen LogP contribution is 2.16. The van der Waals surface area contributed by atoms with Crippen LogP contribution in [0.25, 0.3) is 0 Å². The van der Waals surface area contributed by atoms with Gasteiger partial charge in [-0.3, -0.25) is 19.4 Å². The standard InChI is InChI=1S/C26H30ClN5O3/c1-18-8-10-31(11-12-32(19(2)33)23-5-4-9-29-17-23)26(35)24(18)14-25(34)30-16-21-13-22(27)7-6-20(21)15-28-3/h4-10,13,17,28H,11-12,14-16H2,1-3H3,(H,30,34). The molecule has 0 aliphatic rings. The summed E-state index contributed by atoms with van der Waals surface area (Å²) in [5, 5.41) is 6.60. The Hall–Kier alpha value is -3.49. The van der Waals surface area contributed by atoms with E-state index in [4.69, 9.17) is 11.6 Å². The number of aromatic nitrogens is 2. The van der Waals surface area contributed by atoms with Crippen molar-refractivity contribution >= 4 is 29.1 Å². The molecule has 3 rings (SSSR count). The molecule has 0 aliphatic carbocycles. The molecule has 0 saturated carbocycles. The molecule has 8 nitrogen and oxygen atoms in total. The highest BCUT2D eigenvalue weighted by atomic mass is 35.5. The summed E-state index contributed by atoms with van der Waals surface area (Å²) in [5.74, 6) is -0.393. The molecule has 9 heteroatoms. The fourth-order valence-corrected chi connectivity index (χ4v) is 4.03. The molecule has 0 atom stereocenters. The quantitative estimate of drug-likeness (QED) is 0.451. The van der Waals surface area contributed by atoms with Gasteiger partial charge < -0.3 is 20.1 Å². The van der Waals surface area contributed by atoms with Gasteiger partial charge in [-0.25, -0.2) is 0 Å². The Bertz CT molecular complexity index is 1240. The third kappa shape index (κ3) is 7.00. The van der Waals surface area contributed by atoms with Gasteiger partial charge in [-0.1, -0.05) is 17.7 Å². The predicted molar refractivity (Wildman–Crippen MR) is 137 cm³/mol. The fourth-order valence-electron chi connectivity index (χ4n) is 3.83. The summed E-state index contributed by atoms with van der Waals surface area (Å²) in [5.41, 5.74) is 3.56. The van der Waals surface area contributed by atoms with Crippen LogP contribution in [0.4, 0.5) is 5.69 Å². The zero-order valence-electron chi connectivity index (χ0n) is 20.2. The van der Waals surface area contributed by atoms with E-state index in [-0.39, 0.29) is 30.3 Å². The molecule has 0 spiro atoms. The molecule has 0 bridgehead atoms. The second kappa shape index (κ2) is 12.3. The normalized spacial score (nSPS) is 10.7. The molecular formula is C26H30ClN5O3. The highest BCUT2D eigenvalue weighted by Gasteiger charge is 2.15. The van der Waals surface area contributed by atoms with Crippen LogP contribution in [-0.2, 0) is 35.6 Å². The van der Waals surface area contributed by atoms with E-state index in [1.165, 1.54) is 11.5 Å². The molecule has 2 heterocycles. The maximum absolute atomic E-state index is 13.1. The lowest BCUT2D eigenvalue weighted by Gasteiger charge is -2.21. The van der Waals surface area contributed by atoms with Gasteiger partial charge in [0.1, 0.15) is 0 Å². The Kier molecular flexibility index (Phi) is 9.17. The van der Waals surface area contributed by atoms with E-state index in [9.17, 15) is 14.4 Å². The van der Waals surface area contributed by atoms with Crippen molar-refractivity contribution in [3.8, 4) is 0 Å². The largest absolute Gasteiger partial charge is 0.352 e. The molecule has 0 aliphatic heterocycles. The van der Waals surface area contributed by atoms with E-state index >= 15 is 0 Å². The van der Waals surface area contributed by atoms with Crippen LogP contribution in [0.3, 0.4) is 0 Å². The summed E-state index contributed by atoms with van der Waals surface area (Å²) in [6.45, 7) is 4.85. The zero-order chi connectivity index (χ0) is 25.4. The molecule has 2 aromatic heterocycles. The molecule has 1 aromatic carbocycles. The van der Waals surface area contributed by atoms with Gasteiger partial charge >= 0.3 is 0 Å². The van der Waals surface area contributed by atoms with E-state index in [0.717, 1.165) is 16.7 Å². The molecule has 0 unspecified atom stereocenters. The average molecular weight is 496 g/mol. The van der Waals surface area contributed by atoms with Crippen LogP contribution in [0.15, 0.2) is 59.8 Å². The molecule has 0 radical (unpaired) electrons. The van der Waals surface area contributed by atoms with Gasteiger partial charge in [-0.2, -0.15) is 0 Å². The number of hydrogen-bond donors (Lipinski definition) is 2. The molecule has 2 N–H and O–H groups in total. The van der Waals surface area contributed by atoms with Crippen LogP contribution in [0.2, 0.25) is 5.02 Å². The smallest absolute Gasteiger partial charge is 0.254 e. The number of anilines is 1. The SMILES string of the molecule is CNCc1ccc(Cl)cc1CNC(=O)Cc1c(C)ccn(CCN(C(C)=O)c2cccnc2)c1=O. The second-order valence-corrected chi connectivity index (χ2v) is 8.69.